The highest BCUT2D eigenvalue weighted by molar-refractivity contribution is 7.85. The molecule has 1 aliphatic heterocycles. The van der Waals surface area contributed by atoms with E-state index in [1.54, 1.807) is 0 Å². The number of allylic oxidation sites excluding steroid dienone is 3. The summed E-state index contributed by atoms with van der Waals surface area (Å²) in [6.45, 7) is 1.67. The highest BCUT2D eigenvalue weighted by Gasteiger charge is 2.05. The Bertz CT molecular complexity index is 749. The Morgan fingerprint density at radius 3 is 2.52 bits per heavy atom. The van der Waals surface area contributed by atoms with Crippen LogP contribution in [0.5, 0.6) is 0 Å². The molecule has 0 bridgehead atoms. The highest BCUT2D eigenvalue weighted by Crippen LogP contribution is 2.16. The van der Waals surface area contributed by atoms with Gasteiger partial charge in [-0.25, -0.2) is 0 Å². The molecule has 0 spiro atoms. The van der Waals surface area contributed by atoms with Crippen molar-refractivity contribution in [3.8, 4) is 0 Å². The summed E-state index contributed by atoms with van der Waals surface area (Å²) in [4.78, 5) is 4.21. The molecule has 0 aromatic heterocycles. The Hall–Kier alpha value is -2.05. The van der Waals surface area contributed by atoms with Crippen molar-refractivity contribution in [1.29, 1.82) is 0 Å². The van der Waals surface area contributed by atoms with Gasteiger partial charge in [-0.05, 0) is 48.4 Å². The van der Waals surface area contributed by atoms with Crippen LogP contribution >= 0.6 is 0 Å². The van der Waals surface area contributed by atoms with Crippen LogP contribution in [0.4, 0.5) is 5.69 Å². The molecule has 1 aliphatic rings. The van der Waals surface area contributed by atoms with Gasteiger partial charge in [-0.1, -0.05) is 30.4 Å². The smallest absolute Gasteiger partial charge is 0.264 e. The van der Waals surface area contributed by atoms with E-state index in [0.717, 1.165) is 24.3 Å². The van der Waals surface area contributed by atoms with Gasteiger partial charge >= 0.3 is 0 Å². The Kier molecular flexibility index (Phi) is 6.84. The lowest BCUT2D eigenvalue weighted by Gasteiger charge is -2.19. The molecule has 0 radical (unpaired) electrons. The minimum Gasteiger partial charge on any atom is -0.377 e. The van der Waals surface area contributed by atoms with E-state index in [-0.39, 0.29) is 5.75 Å². The lowest BCUT2D eigenvalue weighted by Crippen LogP contribution is -2.19. The van der Waals surface area contributed by atoms with Crippen molar-refractivity contribution in [2.24, 2.45) is 0 Å². The quantitative estimate of drug-likeness (QED) is 0.568. The summed E-state index contributed by atoms with van der Waals surface area (Å²) >= 11 is 0. The predicted molar refractivity (Wildman–Crippen MR) is 104 cm³/mol. The molecule has 136 valence electrons. The Morgan fingerprint density at radius 1 is 1.20 bits per heavy atom. The van der Waals surface area contributed by atoms with Crippen molar-refractivity contribution < 1.29 is 13.0 Å². The molecule has 0 aliphatic carbocycles. The second kappa shape index (κ2) is 8.87. The molecule has 1 aromatic rings. The predicted octanol–water partition coefficient (Wildman–Crippen LogP) is 3.19. The second-order valence-corrected chi connectivity index (χ2v) is 7.87. The van der Waals surface area contributed by atoms with E-state index in [2.05, 4.69) is 64.6 Å². The van der Waals surface area contributed by atoms with Gasteiger partial charge in [0, 0.05) is 32.9 Å². The van der Waals surface area contributed by atoms with Crippen LogP contribution in [0.15, 0.2) is 54.3 Å². The molecule has 1 aromatic carbocycles. The van der Waals surface area contributed by atoms with Crippen LogP contribution in [0.25, 0.3) is 6.08 Å². The fraction of sp³-hybridized carbons (Fsp3) is 0.368. The van der Waals surface area contributed by atoms with E-state index >= 15 is 0 Å². The third kappa shape index (κ3) is 7.15. The minimum absolute atomic E-state index is 0.176. The van der Waals surface area contributed by atoms with E-state index in [1.807, 2.05) is 14.1 Å². The number of nitrogens with zero attached hydrogens (tertiary/aromatic N) is 2. The fourth-order valence-electron chi connectivity index (χ4n) is 2.51. The van der Waals surface area contributed by atoms with Crippen LogP contribution in [0.2, 0.25) is 0 Å². The molecular formula is C19H26N2O3S. The van der Waals surface area contributed by atoms with Gasteiger partial charge in [-0.3, -0.25) is 4.55 Å². The average molecular weight is 362 g/mol. The highest BCUT2D eigenvalue weighted by atomic mass is 32.2. The Balaban J connectivity index is 1.83. The van der Waals surface area contributed by atoms with E-state index in [4.69, 9.17) is 4.55 Å². The summed E-state index contributed by atoms with van der Waals surface area (Å²) in [6.07, 6.45) is 11.7. The number of hydrogen-bond donors (Lipinski definition) is 1. The van der Waals surface area contributed by atoms with Gasteiger partial charge in [0.1, 0.15) is 0 Å². The molecule has 0 atom stereocenters. The van der Waals surface area contributed by atoms with Gasteiger partial charge < -0.3 is 9.80 Å². The van der Waals surface area contributed by atoms with Gasteiger partial charge in [-0.2, -0.15) is 8.42 Å². The van der Waals surface area contributed by atoms with Crippen molar-refractivity contribution in [3.05, 3.63) is 59.8 Å². The number of anilines is 1. The number of likely N-dealkylation sites (N-methyl/N-ethyl adjacent to an activating group) is 1. The molecule has 0 amide bonds. The standard InChI is InChI=1S/C19H26N2O3S/c1-20-14-11-18(12-15-20)6-5-17-7-9-19(10-8-17)21(2)13-3-4-16-25(22,23)24/h5-12,14H,3-4,13,15-16H2,1-2H3,(H,22,23,24)/b6-5+. The monoisotopic (exact) mass is 362 g/mol. The largest absolute Gasteiger partial charge is 0.377 e. The van der Waals surface area contributed by atoms with Crippen LogP contribution in [0.3, 0.4) is 0 Å². The normalized spacial score (nSPS) is 14.8. The molecule has 1 heterocycles. The molecule has 0 saturated carbocycles. The van der Waals surface area contributed by atoms with Crippen molar-refractivity contribution >= 4 is 21.9 Å². The first kappa shape index (κ1) is 19.3. The summed E-state index contributed by atoms with van der Waals surface area (Å²) in [5.41, 5.74) is 3.43. The van der Waals surface area contributed by atoms with Gasteiger partial charge in [0.05, 0.1) is 5.75 Å². The third-order valence-corrected chi connectivity index (χ3v) is 4.89. The molecule has 0 saturated heterocycles. The fourth-order valence-corrected chi connectivity index (χ4v) is 3.08. The zero-order chi connectivity index (χ0) is 18.3. The number of hydrogen-bond acceptors (Lipinski definition) is 4. The number of rotatable bonds is 8. The summed E-state index contributed by atoms with van der Waals surface area (Å²) in [5, 5.41) is 0. The van der Waals surface area contributed by atoms with Gasteiger partial charge in [-0.15, -0.1) is 0 Å². The summed E-state index contributed by atoms with van der Waals surface area (Å²) in [6, 6.07) is 8.25. The van der Waals surface area contributed by atoms with E-state index in [0.29, 0.717) is 12.8 Å². The zero-order valence-corrected chi connectivity index (χ0v) is 15.6. The van der Waals surface area contributed by atoms with Crippen molar-refractivity contribution in [3.63, 3.8) is 0 Å². The van der Waals surface area contributed by atoms with Crippen molar-refractivity contribution in [1.82, 2.24) is 4.90 Å². The van der Waals surface area contributed by atoms with E-state index in [1.165, 1.54) is 5.57 Å². The average Bonchev–Trinajstić information content (AvgIpc) is 2.58. The van der Waals surface area contributed by atoms with Gasteiger partial charge in [0.2, 0.25) is 0 Å². The number of unbranched alkanes of at least 4 members (excludes halogenated alkanes) is 1. The topological polar surface area (TPSA) is 60.9 Å². The lowest BCUT2D eigenvalue weighted by molar-refractivity contribution is 0.480. The summed E-state index contributed by atoms with van der Waals surface area (Å²) in [7, 11) is 0.176. The molecule has 5 nitrogen and oxygen atoms in total. The van der Waals surface area contributed by atoms with Crippen LogP contribution in [0, 0.1) is 0 Å². The van der Waals surface area contributed by atoms with E-state index in [9.17, 15) is 8.42 Å². The zero-order valence-electron chi connectivity index (χ0n) is 14.8. The first-order chi connectivity index (χ1) is 11.8. The third-order valence-electron chi connectivity index (χ3n) is 4.08. The molecule has 1 N–H and O–H groups in total. The first-order valence-corrected chi connectivity index (χ1v) is 9.97. The maximum atomic E-state index is 10.7. The molecule has 0 fully saturated rings. The molecular weight excluding hydrogens is 336 g/mol. The molecule has 2 rings (SSSR count). The molecule has 0 unspecified atom stereocenters. The van der Waals surface area contributed by atoms with Crippen LogP contribution in [-0.2, 0) is 10.1 Å². The summed E-state index contributed by atoms with van der Waals surface area (Å²) < 4.78 is 30.1. The Morgan fingerprint density at radius 2 is 1.92 bits per heavy atom. The maximum absolute atomic E-state index is 10.7. The Labute approximate surface area is 150 Å². The van der Waals surface area contributed by atoms with Crippen LogP contribution in [-0.4, -0.2) is 50.8 Å². The number of benzene rings is 1. The lowest BCUT2D eigenvalue weighted by atomic mass is 10.1. The van der Waals surface area contributed by atoms with E-state index < -0.39 is 10.1 Å². The van der Waals surface area contributed by atoms with Crippen molar-refractivity contribution in [2.75, 3.05) is 37.8 Å². The second-order valence-electron chi connectivity index (χ2n) is 6.30. The SMILES string of the molecule is CN1C=CC(/C=C/c2ccc(N(C)CCCCS(=O)(=O)O)cc2)=CC1. The van der Waals surface area contributed by atoms with Crippen molar-refractivity contribution in [2.45, 2.75) is 12.8 Å². The summed E-state index contributed by atoms with van der Waals surface area (Å²) in [5.74, 6) is -0.176. The van der Waals surface area contributed by atoms with Crippen LogP contribution < -0.4 is 4.90 Å². The van der Waals surface area contributed by atoms with Gasteiger partial charge in [0.15, 0.2) is 0 Å². The maximum Gasteiger partial charge on any atom is 0.264 e. The molecule has 6 heteroatoms. The van der Waals surface area contributed by atoms with Crippen LogP contribution in [0.1, 0.15) is 18.4 Å². The molecule has 25 heavy (non-hydrogen) atoms. The van der Waals surface area contributed by atoms with Gasteiger partial charge in [0.25, 0.3) is 10.1 Å². The first-order valence-electron chi connectivity index (χ1n) is 8.36. The minimum atomic E-state index is -3.85.